The minimum absolute atomic E-state index is 0.119. The van der Waals surface area contributed by atoms with Gasteiger partial charge in [-0.15, -0.1) is 23.5 Å². The lowest BCUT2D eigenvalue weighted by Gasteiger charge is -2.11. The molecule has 0 aliphatic heterocycles. The average Bonchev–Trinajstić information content (AvgIpc) is 2.29. The van der Waals surface area contributed by atoms with Gasteiger partial charge in [-0.2, -0.15) is 5.26 Å². The van der Waals surface area contributed by atoms with Crippen LogP contribution in [0.5, 0.6) is 0 Å². The molecule has 1 rings (SSSR count). The van der Waals surface area contributed by atoms with Crippen LogP contribution in [0.2, 0.25) is 0 Å². The van der Waals surface area contributed by atoms with E-state index in [-0.39, 0.29) is 11.9 Å². The summed E-state index contributed by atoms with van der Waals surface area (Å²) < 4.78 is 0. The fourth-order valence-electron chi connectivity index (χ4n) is 1.25. The molecule has 1 unspecified atom stereocenters. The second-order valence-electron chi connectivity index (χ2n) is 3.29. The molecular weight excluding hydrogens is 238 g/mol. The average molecular weight is 253 g/mol. The van der Waals surface area contributed by atoms with Crippen molar-refractivity contribution >= 4 is 23.5 Å². The van der Waals surface area contributed by atoms with Gasteiger partial charge in [0.15, 0.2) is 0 Å². The summed E-state index contributed by atoms with van der Waals surface area (Å²) in [5, 5.41) is 18.3. The summed E-state index contributed by atoms with van der Waals surface area (Å²) in [6, 6.07) is 8.13. The summed E-state index contributed by atoms with van der Waals surface area (Å²) in [5.74, 6) is 0.957. The van der Waals surface area contributed by atoms with Crippen LogP contribution >= 0.6 is 23.5 Å². The van der Waals surface area contributed by atoms with Crippen molar-refractivity contribution in [1.82, 2.24) is 0 Å². The van der Waals surface area contributed by atoms with Crippen LogP contribution in [-0.2, 0) is 0 Å². The molecule has 0 saturated heterocycles. The minimum atomic E-state index is 0.119. The number of aliphatic hydroxyl groups is 1. The van der Waals surface area contributed by atoms with E-state index in [0.29, 0.717) is 0 Å². The van der Waals surface area contributed by atoms with Crippen LogP contribution in [0.4, 0.5) is 0 Å². The Labute approximate surface area is 105 Å². The standard InChI is InChI=1S/C12H15NOS2/c1-3-15-11-5-4-6-12(10(11)7-13)16-9(2)8-14/h4-6,9,14H,3,8H2,1-2H3. The summed E-state index contributed by atoms with van der Waals surface area (Å²) in [5.41, 5.74) is 0.736. The molecule has 0 radical (unpaired) electrons. The molecular formula is C12H15NOS2. The zero-order valence-electron chi connectivity index (χ0n) is 9.43. The summed E-state index contributed by atoms with van der Waals surface area (Å²) >= 11 is 3.23. The molecule has 0 amide bonds. The topological polar surface area (TPSA) is 44.0 Å². The van der Waals surface area contributed by atoms with Crippen LogP contribution in [0.1, 0.15) is 19.4 Å². The number of rotatable bonds is 5. The van der Waals surface area contributed by atoms with Crippen LogP contribution < -0.4 is 0 Å². The van der Waals surface area contributed by atoms with Crippen LogP contribution in [-0.4, -0.2) is 22.7 Å². The monoisotopic (exact) mass is 253 g/mol. The first-order valence-electron chi connectivity index (χ1n) is 5.16. The maximum absolute atomic E-state index is 9.17. The van der Waals surface area contributed by atoms with Crippen molar-refractivity contribution in [3.8, 4) is 6.07 Å². The summed E-state index contributed by atoms with van der Waals surface area (Å²) in [6.07, 6.45) is 0. The lowest BCUT2D eigenvalue weighted by atomic mass is 10.2. The van der Waals surface area contributed by atoms with Gasteiger partial charge in [0.05, 0.1) is 12.2 Å². The molecule has 0 fully saturated rings. The molecule has 0 aliphatic rings. The number of nitrogens with zero attached hydrogens (tertiary/aromatic N) is 1. The Kier molecular flexibility index (Phi) is 5.75. The van der Waals surface area contributed by atoms with Crippen LogP contribution in [0.25, 0.3) is 0 Å². The smallest absolute Gasteiger partial charge is 0.101 e. The molecule has 0 saturated carbocycles. The first-order chi connectivity index (χ1) is 7.72. The van der Waals surface area contributed by atoms with E-state index in [1.807, 2.05) is 25.1 Å². The molecule has 1 N–H and O–H groups in total. The fraction of sp³-hybridized carbons (Fsp3) is 0.417. The highest BCUT2D eigenvalue weighted by Crippen LogP contribution is 2.32. The molecule has 0 spiro atoms. The van der Waals surface area contributed by atoms with Crippen molar-refractivity contribution in [3.05, 3.63) is 23.8 Å². The predicted octanol–water partition coefficient (Wildman–Crippen LogP) is 3.14. The lowest BCUT2D eigenvalue weighted by Crippen LogP contribution is -2.02. The van der Waals surface area contributed by atoms with Gasteiger partial charge >= 0.3 is 0 Å². The molecule has 0 aliphatic carbocycles. The number of benzene rings is 1. The maximum atomic E-state index is 9.17. The van der Waals surface area contributed by atoms with Gasteiger partial charge in [0.2, 0.25) is 0 Å². The highest BCUT2D eigenvalue weighted by molar-refractivity contribution is 8.00. The van der Waals surface area contributed by atoms with E-state index in [1.165, 1.54) is 0 Å². The predicted molar refractivity (Wildman–Crippen MR) is 70.0 cm³/mol. The van der Waals surface area contributed by atoms with Gasteiger partial charge in [0.1, 0.15) is 6.07 Å². The number of hydrogen-bond acceptors (Lipinski definition) is 4. The molecule has 0 bridgehead atoms. The van der Waals surface area contributed by atoms with Crippen molar-refractivity contribution in [2.75, 3.05) is 12.4 Å². The van der Waals surface area contributed by atoms with E-state index in [0.717, 1.165) is 21.1 Å². The third-order valence-corrected chi connectivity index (χ3v) is 4.07. The summed E-state index contributed by atoms with van der Waals surface area (Å²) in [4.78, 5) is 1.99. The van der Waals surface area contributed by atoms with Crippen molar-refractivity contribution < 1.29 is 5.11 Å². The molecule has 0 aromatic heterocycles. The van der Waals surface area contributed by atoms with Gasteiger partial charge in [0, 0.05) is 15.0 Å². The third-order valence-electron chi connectivity index (χ3n) is 1.98. The largest absolute Gasteiger partial charge is 0.395 e. The van der Waals surface area contributed by atoms with Gasteiger partial charge in [-0.05, 0) is 17.9 Å². The SMILES string of the molecule is CCSc1cccc(SC(C)CO)c1C#N. The third kappa shape index (κ3) is 3.44. The first kappa shape index (κ1) is 13.4. The van der Waals surface area contributed by atoms with E-state index >= 15 is 0 Å². The molecule has 1 aromatic carbocycles. The van der Waals surface area contributed by atoms with Gasteiger partial charge in [-0.1, -0.05) is 19.9 Å². The zero-order chi connectivity index (χ0) is 12.0. The molecule has 1 atom stereocenters. The first-order valence-corrected chi connectivity index (χ1v) is 7.02. The molecule has 1 aromatic rings. The quantitative estimate of drug-likeness (QED) is 0.819. The number of nitriles is 1. The van der Waals surface area contributed by atoms with Crippen LogP contribution in [0, 0.1) is 11.3 Å². The van der Waals surface area contributed by atoms with Crippen molar-refractivity contribution in [3.63, 3.8) is 0 Å². The Morgan fingerprint density at radius 1 is 1.44 bits per heavy atom. The molecule has 2 nitrogen and oxygen atoms in total. The maximum Gasteiger partial charge on any atom is 0.101 e. The Morgan fingerprint density at radius 2 is 2.12 bits per heavy atom. The number of hydrogen-bond donors (Lipinski definition) is 1. The Hall–Kier alpha value is -0.630. The lowest BCUT2D eigenvalue weighted by molar-refractivity contribution is 0.300. The summed E-state index contributed by atoms with van der Waals surface area (Å²) in [7, 11) is 0. The zero-order valence-corrected chi connectivity index (χ0v) is 11.1. The van der Waals surface area contributed by atoms with Crippen molar-refractivity contribution in [2.45, 2.75) is 28.9 Å². The molecule has 86 valence electrons. The van der Waals surface area contributed by atoms with E-state index in [2.05, 4.69) is 13.0 Å². The highest BCUT2D eigenvalue weighted by atomic mass is 32.2. The number of thioether (sulfide) groups is 2. The van der Waals surface area contributed by atoms with E-state index in [4.69, 9.17) is 5.11 Å². The van der Waals surface area contributed by atoms with Gasteiger partial charge in [-0.3, -0.25) is 0 Å². The van der Waals surface area contributed by atoms with Crippen LogP contribution in [0.15, 0.2) is 28.0 Å². The van der Waals surface area contributed by atoms with Gasteiger partial charge in [-0.25, -0.2) is 0 Å². The van der Waals surface area contributed by atoms with E-state index in [1.54, 1.807) is 23.5 Å². The fourth-order valence-corrected chi connectivity index (χ4v) is 3.04. The van der Waals surface area contributed by atoms with Crippen molar-refractivity contribution in [2.24, 2.45) is 0 Å². The Balaban J connectivity index is 3.00. The van der Waals surface area contributed by atoms with Gasteiger partial charge < -0.3 is 5.11 Å². The molecule has 0 heterocycles. The second-order valence-corrected chi connectivity index (χ2v) is 6.07. The van der Waals surface area contributed by atoms with E-state index < -0.39 is 0 Å². The number of aliphatic hydroxyl groups excluding tert-OH is 1. The normalized spacial score (nSPS) is 12.1. The molecule has 4 heteroatoms. The minimum Gasteiger partial charge on any atom is -0.395 e. The van der Waals surface area contributed by atoms with Gasteiger partial charge in [0.25, 0.3) is 0 Å². The van der Waals surface area contributed by atoms with Crippen LogP contribution in [0.3, 0.4) is 0 Å². The Bertz CT molecular complexity index is 387. The second kappa shape index (κ2) is 6.85. The highest BCUT2D eigenvalue weighted by Gasteiger charge is 2.11. The summed E-state index contributed by atoms with van der Waals surface area (Å²) in [6.45, 7) is 4.15. The van der Waals surface area contributed by atoms with Crippen molar-refractivity contribution in [1.29, 1.82) is 5.26 Å². The Morgan fingerprint density at radius 3 is 2.69 bits per heavy atom. The van der Waals surface area contributed by atoms with E-state index in [9.17, 15) is 5.26 Å². The molecule has 16 heavy (non-hydrogen) atoms.